The maximum atomic E-state index is 12.2. The second-order valence-corrected chi connectivity index (χ2v) is 5.24. The van der Waals surface area contributed by atoms with Crippen LogP contribution in [0.25, 0.3) is 0 Å². The third-order valence-corrected chi connectivity index (χ3v) is 4.15. The quantitative estimate of drug-likeness (QED) is 0.805. The van der Waals surface area contributed by atoms with E-state index >= 15 is 0 Å². The number of likely N-dealkylation sites (tertiary alicyclic amines) is 1. The normalized spacial score (nSPS) is 30.8. The van der Waals surface area contributed by atoms with Gasteiger partial charge in [-0.1, -0.05) is 13.3 Å². The zero-order valence-electron chi connectivity index (χ0n) is 10.7. The lowest BCUT2D eigenvalue weighted by molar-refractivity contribution is -0.144. The Kier molecular flexibility index (Phi) is 4.40. The van der Waals surface area contributed by atoms with Gasteiger partial charge in [0.2, 0.25) is 0 Å². The van der Waals surface area contributed by atoms with Crippen LogP contribution < -0.4 is 5.73 Å². The van der Waals surface area contributed by atoms with Gasteiger partial charge in [-0.25, -0.2) is 0 Å². The second kappa shape index (κ2) is 5.83. The van der Waals surface area contributed by atoms with Crippen LogP contribution in [0, 0.1) is 5.92 Å². The lowest BCUT2D eigenvalue weighted by atomic mass is 9.94. The number of amides is 1. The third kappa shape index (κ3) is 2.99. The van der Waals surface area contributed by atoms with Crippen LogP contribution in [0.4, 0.5) is 0 Å². The van der Waals surface area contributed by atoms with Crippen LogP contribution in [0.2, 0.25) is 0 Å². The van der Waals surface area contributed by atoms with Crippen LogP contribution >= 0.6 is 0 Å². The van der Waals surface area contributed by atoms with Gasteiger partial charge >= 0.3 is 0 Å². The summed E-state index contributed by atoms with van der Waals surface area (Å²) >= 11 is 0. The number of carbonyl (C=O) groups excluding carboxylic acids is 1. The van der Waals surface area contributed by atoms with E-state index in [9.17, 15) is 4.79 Å². The summed E-state index contributed by atoms with van der Waals surface area (Å²) in [4.78, 5) is 14.2. The van der Waals surface area contributed by atoms with Crippen LogP contribution in [0.15, 0.2) is 0 Å². The smallest absolute Gasteiger partial charge is 0.251 e. The van der Waals surface area contributed by atoms with E-state index in [4.69, 9.17) is 10.5 Å². The van der Waals surface area contributed by atoms with Crippen molar-refractivity contribution in [2.45, 2.75) is 51.2 Å². The summed E-state index contributed by atoms with van der Waals surface area (Å²) in [6, 6.07) is 0. The molecule has 0 bridgehead atoms. The first-order chi connectivity index (χ1) is 8.24. The molecule has 2 unspecified atom stereocenters. The zero-order chi connectivity index (χ0) is 12.3. The van der Waals surface area contributed by atoms with E-state index < -0.39 is 0 Å². The van der Waals surface area contributed by atoms with Gasteiger partial charge in [0, 0.05) is 19.6 Å². The Hall–Kier alpha value is -0.610. The molecule has 4 heteroatoms. The van der Waals surface area contributed by atoms with E-state index in [-0.39, 0.29) is 18.1 Å². The minimum atomic E-state index is -0.221. The van der Waals surface area contributed by atoms with Crippen LogP contribution in [-0.4, -0.2) is 42.6 Å². The molecule has 1 amide bonds. The van der Waals surface area contributed by atoms with E-state index in [1.54, 1.807) is 0 Å². The standard InChI is InChI=1S/C13H24N2O2/c1-2-10-5-7-15(8-6-10)13(16)12-4-3-11(9-14)17-12/h10-12H,2-9,14H2,1H3. The number of rotatable bonds is 3. The molecule has 2 rings (SSSR count). The molecule has 0 aromatic heterocycles. The maximum Gasteiger partial charge on any atom is 0.251 e. The van der Waals surface area contributed by atoms with Crippen LogP contribution in [0.1, 0.15) is 39.0 Å². The SMILES string of the molecule is CCC1CCN(C(=O)C2CCC(CN)O2)CC1. The summed E-state index contributed by atoms with van der Waals surface area (Å²) in [5, 5.41) is 0. The molecular weight excluding hydrogens is 216 g/mol. The van der Waals surface area contributed by atoms with Gasteiger partial charge in [0.05, 0.1) is 6.10 Å². The Morgan fingerprint density at radius 2 is 2.00 bits per heavy atom. The first kappa shape index (κ1) is 12.8. The largest absolute Gasteiger partial charge is 0.364 e. The Morgan fingerprint density at radius 3 is 2.53 bits per heavy atom. The second-order valence-electron chi connectivity index (χ2n) is 5.24. The third-order valence-electron chi connectivity index (χ3n) is 4.15. The van der Waals surface area contributed by atoms with Gasteiger partial charge in [-0.2, -0.15) is 0 Å². The first-order valence-corrected chi connectivity index (χ1v) is 6.89. The molecule has 2 N–H and O–H groups in total. The minimum Gasteiger partial charge on any atom is -0.364 e. The average Bonchev–Trinajstić information content (AvgIpc) is 2.87. The van der Waals surface area contributed by atoms with Gasteiger partial charge in [0.15, 0.2) is 0 Å². The Balaban J connectivity index is 1.81. The van der Waals surface area contributed by atoms with Crippen LogP contribution in [0.3, 0.4) is 0 Å². The number of ether oxygens (including phenoxy) is 1. The fourth-order valence-corrected chi connectivity index (χ4v) is 2.83. The molecule has 0 saturated carbocycles. The van der Waals surface area contributed by atoms with Crippen molar-refractivity contribution in [1.29, 1.82) is 0 Å². The van der Waals surface area contributed by atoms with Crippen molar-refractivity contribution in [2.75, 3.05) is 19.6 Å². The van der Waals surface area contributed by atoms with Crippen molar-refractivity contribution in [3.05, 3.63) is 0 Å². The molecule has 98 valence electrons. The number of nitrogens with two attached hydrogens (primary N) is 1. The maximum absolute atomic E-state index is 12.2. The van der Waals surface area contributed by atoms with Gasteiger partial charge in [0.1, 0.15) is 6.10 Å². The van der Waals surface area contributed by atoms with Crippen molar-refractivity contribution in [3.8, 4) is 0 Å². The summed E-state index contributed by atoms with van der Waals surface area (Å²) < 4.78 is 5.66. The summed E-state index contributed by atoms with van der Waals surface area (Å²) in [6.07, 6.45) is 5.17. The summed E-state index contributed by atoms with van der Waals surface area (Å²) in [7, 11) is 0. The number of piperidine rings is 1. The van der Waals surface area contributed by atoms with Gasteiger partial charge in [-0.15, -0.1) is 0 Å². The monoisotopic (exact) mass is 240 g/mol. The summed E-state index contributed by atoms with van der Waals surface area (Å²) in [5.74, 6) is 0.996. The van der Waals surface area contributed by atoms with Gasteiger partial charge in [-0.3, -0.25) is 4.79 Å². The van der Waals surface area contributed by atoms with Gasteiger partial charge in [-0.05, 0) is 31.6 Å². The van der Waals surface area contributed by atoms with E-state index in [1.165, 1.54) is 6.42 Å². The summed E-state index contributed by atoms with van der Waals surface area (Å²) in [6.45, 7) is 4.57. The lowest BCUT2D eigenvalue weighted by Gasteiger charge is -2.33. The molecule has 0 aromatic carbocycles. The molecule has 0 aliphatic carbocycles. The molecule has 2 heterocycles. The Bertz CT molecular complexity index is 262. The van der Waals surface area contributed by atoms with Gasteiger partial charge < -0.3 is 15.4 Å². The Morgan fingerprint density at radius 1 is 1.29 bits per heavy atom. The molecule has 2 fully saturated rings. The fraction of sp³-hybridized carbons (Fsp3) is 0.923. The number of hydrogen-bond acceptors (Lipinski definition) is 3. The number of nitrogens with zero attached hydrogens (tertiary/aromatic N) is 1. The van der Waals surface area contributed by atoms with E-state index in [0.717, 1.165) is 44.7 Å². The molecule has 0 aromatic rings. The molecule has 17 heavy (non-hydrogen) atoms. The predicted octanol–water partition coefficient (Wildman–Crippen LogP) is 1.14. The highest BCUT2D eigenvalue weighted by atomic mass is 16.5. The number of carbonyl (C=O) groups is 1. The molecule has 0 radical (unpaired) electrons. The molecule has 2 aliphatic heterocycles. The Labute approximate surface area is 103 Å². The number of hydrogen-bond donors (Lipinski definition) is 1. The molecule has 2 saturated heterocycles. The van der Waals surface area contributed by atoms with E-state index in [2.05, 4.69) is 6.92 Å². The molecule has 2 atom stereocenters. The van der Waals surface area contributed by atoms with Crippen LogP contribution in [-0.2, 0) is 9.53 Å². The minimum absolute atomic E-state index is 0.0946. The highest BCUT2D eigenvalue weighted by molar-refractivity contribution is 5.81. The van der Waals surface area contributed by atoms with Gasteiger partial charge in [0.25, 0.3) is 5.91 Å². The molecule has 2 aliphatic rings. The zero-order valence-corrected chi connectivity index (χ0v) is 10.7. The van der Waals surface area contributed by atoms with Crippen molar-refractivity contribution in [1.82, 2.24) is 4.90 Å². The highest BCUT2D eigenvalue weighted by Gasteiger charge is 2.34. The van der Waals surface area contributed by atoms with E-state index in [1.807, 2.05) is 4.90 Å². The van der Waals surface area contributed by atoms with Crippen molar-refractivity contribution < 1.29 is 9.53 Å². The van der Waals surface area contributed by atoms with Crippen LogP contribution in [0.5, 0.6) is 0 Å². The summed E-state index contributed by atoms with van der Waals surface area (Å²) in [5.41, 5.74) is 5.56. The first-order valence-electron chi connectivity index (χ1n) is 6.89. The van der Waals surface area contributed by atoms with Crippen molar-refractivity contribution in [3.63, 3.8) is 0 Å². The van der Waals surface area contributed by atoms with E-state index in [0.29, 0.717) is 6.54 Å². The van der Waals surface area contributed by atoms with Crippen molar-refractivity contribution in [2.24, 2.45) is 11.7 Å². The highest BCUT2D eigenvalue weighted by Crippen LogP contribution is 2.24. The topological polar surface area (TPSA) is 55.6 Å². The fourth-order valence-electron chi connectivity index (χ4n) is 2.83. The lowest BCUT2D eigenvalue weighted by Crippen LogP contribution is -2.44. The van der Waals surface area contributed by atoms with Crippen molar-refractivity contribution >= 4 is 5.91 Å². The molecular formula is C13H24N2O2. The molecule has 0 spiro atoms. The predicted molar refractivity (Wildman–Crippen MR) is 66.5 cm³/mol. The average molecular weight is 240 g/mol. The molecule has 4 nitrogen and oxygen atoms in total.